The average Bonchev–Trinajstić information content (AvgIpc) is 2.86. The third-order valence-corrected chi connectivity index (χ3v) is 4.25. The van der Waals surface area contributed by atoms with E-state index in [2.05, 4.69) is 18.9 Å². The molecule has 0 bridgehead atoms. The Morgan fingerprint density at radius 2 is 2.04 bits per heavy atom. The van der Waals surface area contributed by atoms with Crippen molar-refractivity contribution in [1.82, 2.24) is 14.7 Å². The van der Waals surface area contributed by atoms with Crippen LogP contribution in [0, 0.1) is 12.8 Å². The summed E-state index contributed by atoms with van der Waals surface area (Å²) in [6, 6.07) is 9.54. The highest BCUT2D eigenvalue weighted by Crippen LogP contribution is 2.22. The molecule has 0 atom stereocenters. The Kier molecular flexibility index (Phi) is 7.27. The number of carbonyl (C=O) groups is 1. The smallest absolute Gasteiger partial charge is 0.246 e. The molecule has 0 radical (unpaired) electrons. The Morgan fingerprint density at radius 1 is 1.35 bits per heavy atom. The molecule has 0 saturated carbocycles. The lowest BCUT2D eigenvalue weighted by molar-refractivity contribution is -0.125. The van der Waals surface area contributed by atoms with Crippen LogP contribution in [0.3, 0.4) is 0 Å². The summed E-state index contributed by atoms with van der Waals surface area (Å²) < 4.78 is 7.40. The van der Waals surface area contributed by atoms with Gasteiger partial charge in [0.05, 0.1) is 12.2 Å². The Hall–Kier alpha value is -2.27. The van der Waals surface area contributed by atoms with Gasteiger partial charge >= 0.3 is 0 Å². The van der Waals surface area contributed by atoms with Crippen LogP contribution in [0.5, 0.6) is 5.75 Å². The van der Waals surface area contributed by atoms with Gasteiger partial charge in [-0.05, 0) is 31.1 Å². The summed E-state index contributed by atoms with van der Waals surface area (Å²) in [5.74, 6) is 1.14. The van der Waals surface area contributed by atoms with E-state index in [4.69, 9.17) is 16.3 Å². The number of benzene rings is 1. The van der Waals surface area contributed by atoms with Crippen molar-refractivity contribution in [3.05, 3.63) is 52.8 Å². The predicted octanol–water partition coefficient (Wildman–Crippen LogP) is 4.05. The zero-order valence-corrected chi connectivity index (χ0v) is 16.5. The van der Waals surface area contributed by atoms with E-state index in [-0.39, 0.29) is 5.91 Å². The van der Waals surface area contributed by atoms with E-state index in [0.717, 1.165) is 23.6 Å². The molecule has 0 unspecified atom stereocenters. The van der Waals surface area contributed by atoms with Gasteiger partial charge in [-0.3, -0.25) is 9.48 Å². The number of hydrogen-bond donors (Lipinski definition) is 0. The van der Waals surface area contributed by atoms with E-state index < -0.39 is 0 Å². The largest absolute Gasteiger partial charge is 0.492 e. The Balaban J connectivity index is 1.91. The van der Waals surface area contributed by atoms with E-state index >= 15 is 0 Å². The van der Waals surface area contributed by atoms with Gasteiger partial charge in [0.25, 0.3) is 0 Å². The third kappa shape index (κ3) is 5.63. The van der Waals surface area contributed by atoms with Gasteiger partial charge in [0.2, 0.25) is 5.91 Å². The topological polar surface area (TPSA) is 47.4 Å². The van der Waals surface area contributed by atoms with Gasteiger partial charge in [-0.25, -0.2) is 0 Å². The molecule has 2 aromatic rings. The van der Waals surface area contributed by atoms with Crippen molar-refractivity contribution in [2.75, 3.05) is 20.2 Å². The average molecular weight is 376 g/mol. The van der Waals surface area contributed by atoms with Gasteiger partial charge < -0.3 is 9.64 Å². The summed E-state index contributed by atoms with van der Waals surface area (Å²) in [6.07, 6.45) is 3.26. The number of carbonyl (C=O) groups excluding carboxylic acids is 1. The maximum absolute atomic E-state index is 12.3. The van der Waals surface area contributed by atoms with Crippen LogP contribution in [-0.2, 0) is 11.3 Å². The Bertz CT molecular complexity index is 754. The van der Waals surface area contributed by atoms with Crippen molar-refractivity contribution in [2.45, 2.75) is 27.3 Å². The molecule has 2 rings (SSSR count). The van der Waals surface area contributed by atoms with Crippen LogP contribution in [0.25, 0.3) is 6.08 Å². The zero-order chi connectivity index (χ0) is 19.1. The number of likely N-dealkylation sites (N-methyl/N-ethyl adjacent to an activating group) is 1. The first-order chi connectivity index (χ1) is 12.4. The highest BCUT2D eigenvalue weighted by molar-refractivity contribution is 6.31. The van der Waals surface area contributed by atoms with Crippen LogP contribution in [-0.4, -0.2) is 40.8 Å². The number of aromatic nitrogens is 2. The summed E-state index contributed by atoms with van der Waals surface area (Å²) in [4.78, 5) is 13.9. The first-order valence-electron chi connectivity index (χ1n) is 8.72. The second-order valence-corrected chi connectivity index (χ2v) is 6.98. The summed E-state index contributed by atoms with van der Waals surface area (Å²) in [6.45, 7) is 7.80. The van der Waals surface area contributed by atoms with E-state index in [9.17, 15) is 4.79 Å². The molecule has 0 aliphatic heterocycles. The number of ether oxygens (including phenoxy) is 1. The number of halogens is 1. The number of rotatable bonds is 8. The van der Waals surface area contributed by atoms with Crippen LogP contribution in [0.1, 0.15) is 25.1 Å². The van der Waals surface area contributed by atoms with Crippen LogP contribution < -0.4 is 4.74 Å². The summed E-state index contributed by atoms with van der Waals surface area (Å²) in [5.41, 5.74) is 1.60. The summed E-state index contributed by atoms with van der Waals surface area (Å²) >= 11 is 6.39. The molecule has 1 heterocycles. The Morgan fingerprint density at radius 3 is 2.69 bits per heavy atom. The molecule has 1 aromatic heterocycles. The number of amides is 1. The van der Waals surface area contributed by atoms with Gasteiger partial charge in [0, 0.05) is 25.2 Å². The van der Waals surface area contributed by atoms with Gasteiger partial charge in [-0.1, -0.05) is 43.6 Å². The van der Waals surface area contributed by atoms with E-state index in [0.29, 0.717) is 24.2 Å². The SMILES string of the molecule is Cc1nn(CC(C)C)c(Cl)c1/C=C/C(=O)N(C)CCOc1ccccc1. The minimum Gasteiger partial charge on any atom is -0.492 e. The molecule has 1 amide bonds. The van der Waals surface area contributed by atoms with Crippen LogP contribution in [0.4, 0.5) is 0 Å². The molecular formula is C20H26ClN3O2. The van der Waals surface area contributed by atoms with Crippen LogP contribution in [0.15, 0.2) is 36.4 Å². The normalized spacial score (nSPS) is 11.3. The van der Waals surface area contributed by atoms with Crippen molar-refractivity contribution < 1.29 is 9.53 Å². The third-order valence-electron chi connectivity index (χ3n) is 3.85. The predicted molar refractivity (Wildman–Crippen MR) is 105 cm³/mol. The molecule has 140 valence electrons. The molecule has 6 heteroatoms. The van der Waals surface area contributed by atoms with Crippen molar-refractivity contribution in [3.8, 4) is 5.75 Å². The fourth-order valence-electron chi connectivity index (χ4n) is 2.43. The second kappa shape index (κ2) is 9.43. The zero-order valence-electron chi connectivity index (χ0n) is 15.8. The molecule has 0 saturated heterocycles. The molecule has 1 aromatic carbocycles. The fraction of sp³-hybridized carbons (Fsp3) is 0.400. The lowest BCUT2D eigenvalue weighted by atomic mass is 10.2. The number of hydrogen-bond acceptors (Lipinski definition) is 3. The van der Waals surface area contributed by atoms with Gasteiger partial charge in [0.1, 0.15) is 17.5 Å². The number of aryl methyl sites for hydroxylation is 1. The molecule has 0 fully saturated rings. The number of para-hydroxylation sites is 1. The lowest BCUT2D eigenvalue weighted by Gasteiger charge is -2.15. The molecular weight excluding hydrogens is 350 g/mol. The Labute approximate surface area is 160 Å². The molecule has 0 spiro atoms. The van der Waals surface area contributed by atoms with Crippen molar-refractivity contribution >= 4 is 23.6 Å². The van der Waals surface area contributed by atoms with Crippen LogP contribution in [0.2, 0.25) is 5.15 Å². The molecule has 0 aliphatic carbocycles. The number of nitrogens with zero attached hydrogens (tertiary/aromatic N) is 3. The summed E-state index contributed by atoms with van der Waals surface area (Å²) in [5, 5.41) is 5.01. The lowest BCUT2D eigenvalue weighted by Crippen LogP contribution is -2.29. The fourth-order valence-corrected chi connectivity index (χ4v) is 2.74. The molecule has 5 nitrogen and oxygen atoms in total. The van der Waals surface area contributed by atoms with Gasteiger partial charge in [-0.2, -0.15) is 5.10 Å². The maximum atomic E-state index is 12.3. The van der Waals surface area contributed by atoms with Gasteiger partial charge in [0.15, 0.2) is 0 Å². The molecule has 0 aliphatic rings. The standard InChI is InChI=1S/C20H26ClN3O2/c1-15(2)14-24-20(21)18(16(3)22-24)10-11-19(25)23(4)12-13-26-17-8-6-5-7-9-17/h5-11,15H,12-14H2,1-4H3/b11-10+. The molecule has 26 heavy (non-hydrogen) atoms. The first-order valence-corrected chi connectivity index (χ1v) is 9.10. The van der Waals surface area contributed by atoms with Crippen molar-refractivity contribution in [1.29, 1.82) is 0 Å². The van der Waals surface area contributed by atoms with Crippen molar-refractivity contribution in [3.63, 3.8) is 0 Å². The quantitative estimate of drug-likeness (QED) is 0.654. The minimum atomic E-state index is -0.103. The van der Waals surface area contributed by atoms with E-state index in [1.807, 2.05) is 37.3 Å². The van der Waals surface area contributed by atoms with E-state index in [1.54, 1.807) is 22.7 Å². The highest BCUT2D eigenvalue weighted by atomic mass is 35.5. The minimum absolute atomic E-state index is 0.103. The van der Waals surface area contributed by atoms with Crippen LogP contribution >= 0.6 is 11.6 Å². The second-order valence-electron chi connectivity index (χ2n) is 6.62. The van der Waals surface area contributed by atoms with Gasteiger partial charge in [-0.15, -0.1) is 0 Å². The van der Waals surface area contributed by atoms with Crippen molar-refractivity contribution in [2.24, 2.45) is 5.92 Å². The maximum Gasteiger partial charge on any atom is 0.246 e. The molecule has 0 N–H and O–H groups in total. The monoisotopic (exact) mass is 375 g/mol. The first kappa shape index (κ1) is 20.0. The van der Waals surface area contributed by atoms with E-state index in [1.165, 1.54) is 6.08 Å². The highest BCUT2D eigenvalue weighted by Gasteiger charge is 2.13. The summed E-state index contributed by atoms with van der Waals surface area (Å²) in [7, 11) is 1.75.